The minimum atomic E-state index is -0.128. The van der Waals surface area contributed by atoms with Crippen LogP contribution in [0.3, 0.4) is 0 Å². The maximum atomic E-state index is 13.9. The quantitative estimate of drug-likeness (QED) is 0.803. The van der Waals surface area contributed by atoms with Gasteiger partial charge in [0.05, 0.1) is 0 Å². The first-order valence-corrected chi connectivity index (χ1v) is 7.90. The highest BCUT2D eigenvalue weighted by atomic mass is 79.9. The maximum absolute atomic E-state index is 13.9. The van der Waals surface area contributed by atoms with Gasteiger partial charge in [0.15, 0.2) is 0 Å². The molecule has 0 radical (unpaired) electrons. The van der Waals surface area contributed by atoms with E-state index in [0.29, 0.717) is 11.5 Å². The van der Waals surface area contributed by atoms with Crippen molar-refractivity contribution in [1.82, 2.24) is 5.32 Å². The second-order valence-corrected chi connectivity index (χ2v) is 7.26. The molecule has 2 atom stereocenters. The van der Waals surface area contributed by atoms with Crippen LogP contribution in [0.1, 0.15) is 58.1 Å². The van der Waals surface area contributed by atoms with Crippen molar-refractivity contribution in [2.75, 3.05) is 0 Å². The molecule has 1 nitrogen and oxygen atoms in total. The van der Waals surface area contributed by atoms with Gasteiger partial charge in [-0.15, -0.1) is 0 Å². The van der Waals surface area contributed by atoms with Crippen LogP contribution in [0.2, 0.25) is 0 Å². The molecule has 19 heavy (non-hydrogen) atoms. The SMILES string of the molecule is CC(NC1CCCCC1(C)C)c1cc(Br)ccc1F. The molecule has 0 amide bonds. The second kappa shape index (κ2) is 5.92. The van der Waals surface area contributed by atoms with Crippen LogP contribution in [0, 0.1) is 11.2 Å². The highest BCUT2D eigenvalue weighted by Gasteiger charge is 2.33. The van der Waals surface area contributed by atoms with Gasteiger partial charge in [-0.25, -0.2) is 4.39 Å². The fraction of sp³-hybridized carbons (Fsp3) is 0.625. The number of hydrogen-bond acceptors (Lipinski definition) is 1. The van der Waals surface area contributed by atoms with E-state index in [9.17, 15) is 4.39 Å². The van der Waals surface area contributed by atoms with Gasteiger partial charge < -0.3 is 5.32 Å². The minimum Gasteiger partial charge on any atom is -0.307 e. The van der Waals surface area contributed by atoms with E-state index < -0.39 is 0 Å². The Kier molecular flexibility index (Phi) is 4.67. The lowest BCUT2D eigenvalue weighted by Gasteiger charge is -2.41. The molecule has 2 unspecified atom stereocenters. The molecule has 0 saturated heterocycles. The minimum absolute atomic E-state index is 0.0416. The first-order chi connectivity index (χ1) is 8.90. The van der Waals surface area contributed by atoms with Crippen molar-refractivity contribution in [3.63, 3.8) is 0 Å². The lowest BCUT2D eigenvalue weighted by molar-refractivity contribution is 0.157. The van der Waals surface area contributed by atoms with E-state index in [-0.39, 0.29) is 11.9 Å². The Morgan fingerprint density at radius 2 is 2.11 bits per heavy atom. The van der Waals surface area contributed by atoms with Crippen LogP contribution in [0.4, 0.5) is 4.39 Å². The molecular formula is C16H23BrFN. The van der Waals surface area contributed by atoms with Crippen LogP contribution < -0.4 is 5.32 Å². The summed E-state index contributed by atoms with van der Waals surface area (Å²) >= 11 is 3.42. The summed E-state index contributed by atoms with van der Waals surface area (Å²) in [4.78, 5) is 0. The van der Waals surface area contributed by atoms with E-state index in [1.54, 1.807) is 6.07 Å². The molecule has 1 N–H and O–H groups in total. The van der Waals surface area contributed by atoms with Crippen LogP contribution in [0.25, 0.3) is 0 Å². The van der Waals surface area contributed by atoms with Gasteiger partial charge in [0, 0.05) is 22.1 Å². The fourth-order valence-corrected chi connectivity index (χ4v) is 3.42. The summed E-state index contributed by atoms with van der Waals surface area (Å²) in [7, 11) is 0. The monoisotopic (exact) mass is 327 g/mol. The fourth-order valence-electron chi connectivity index (χ4n) is 3.04. The van der Waals surface area contributed by atoms with Crippen LogP contribution in [0.5, 0.6) is 0 Å². The summed E-state index contributed by atoms with van der Waals surface area (Å²) in [6, 6.07) is 5.66. The van der Waals surface area contributed by atoms with Gasteiger partial charge in [-0.2, -0.15) is 0 Å². The normalized spacial score (nSPS) is 24.2. The number of hydrogen-bond donors (Lipinski definition) is 1. The lowest BCUT2D eigenvalue weighted by atomic mass is 9.73. The van der Waals surface area contributed by atoms with Crippen LogP contribution in [-0.2, 0) is 0 Å². The Bertz CT molecular complexity index is 444. The van der Waals surface area contributed by atoms with Crippen molar-refractivity contribution >= 4 is 15.9 Å². The summed E-state index contributed by atoms with van der Waals surface area (Å²) in [6.45, 7) is 6.68. The van der Waals surface area contributed by atoms with E-state index in [1.807, 2.05) is 6.07 Å². The molecule has 2 rings (SSSR count). The summed E-state index contributed by atoms with van der Waals surface area (Å²) in [5.41, 5.74) is 1.05. The van der Waals surface area contributed by atoms with E-state index >= 15 is 0 Å². The molecule has 0 aromatic heterocycles. The summed E-state index contributed by atoms with van der Waals surface area (Å²) in [6.07, 6.45) is 5.02. The van der Waals surface area contributed by atoms with E-state index in [2.05, 4.69) is 42.0 Å². The van der Waals surface area contributed by atoms with E-state index in [4.69, 9.17) is 0 Å². The molecule has 1 aliphatic carbocycles. The highest BCUT2D eigenvalue weighted by molar-refractivity contribution is 9.10. The third kappa shape index (κ3) is 3.57. The molecule has 1 aliphatic rings. The zero-order chi connectivity index (χ0) is 14.0. The zero-order valence-electron chi connectivity index (χ0n) is 12.0. The third-order valence-electron chi connectivity index (χ3n) is 4.38. The Morgan fingerprint density at radius 3 is 2.79 bits per heavy atom. The van der Waals surface area contributed by atoms with Crippen molar-refractivity contribution in [1.29, 1.82) is 0 Å². The number of halogens is 2. The molecule has 0 spiro atoms. The Hall–Kier alpha value is -0.410. The van der Waals surface area contributed by atoms with Crippen molar-refractivity contribution in [3.8, 4) is 0 Å². The van der Waals surface area contributed by atoms with Crippen molar-refractivity contribution in [3.05, 3.63) is 34.1 Å². The molecule has 0 heterocycles. The van der Waals surface area contributed by atoms with Gasteiger partial charge in [-0.05, 0) is 43.4 Å². The Morgan fingerprint density at radius 1 is 1.37 bits per heavy atom. The van der Waals surface area contributed by atoms with Crippen LogP contribution in [-0.4, -0.2) is 6.04 Å². The third-order valence-corrected chi connectivity index (χ3v) is 4.88. The second-order valence-electron chi connectivity index (χ2n) is 6.34. The summed E-state index contributed by atoms with van der Waals surface area (Å²) < 4.78 is 14.8. The average Bonchev–Trinajstić information content (AvgIpc) is 2.34. The van der Waals surface area contributed by atoms with Gasteiger partial charge in [0.25, 0.3) is 0 Å². The predicted octanol–water partition coefficient (Wildman–Crippen LogP) is 5.21. The summed E-state index contributed by atoms with van der Waals surface area (Å²) in [5, 5.41) is 3.63. The van der Waals surface area contributed by atoms with Crippen LogP contribution in [0.15, 0.2) is 22.7 Å². The predicted molar refractivity (Wildman–Crippen MR) is 81.7 cm³/mol. The molecule has 0 aliphatic heterocycles. The molecule has 1 aromatic rings. The molecule has 106 valence electrons. The molecule has 1 aromatic carbocycles. The standard InChI is InChI=1S/C16H23BrFN/c1-11(13-10-12(17)7-8-14(13)18)19-15-6-4-5-9-16(15,2)3/h7-8,10-11,15,19H,4-6,9H2,1-3H3. The molecule has 1 fully saturated rings. The molecule has 0 bridgehead atoms. The first kappa shape index (κ1) is 15.0. The topological polar surface area (TPSA) is 12.0 Å². The average molecular weight is 328 g/mol. The van der Waals surface area contributed by atoms with Crippen molar-refractivity contribution < 1.29 is 4.39 Å². The lowest BCUT2D eigenvalue weighted by Crippen LogP contribution is -2.45. The molecule has 1 saturated carbocycles. The number of nitrogens with one attached hydrogen (secondary N) is 1. The van der Waals surface area contributed by atoms with Gasteiger partial charge in [-0.1, -0.05) is 42.6 Å². The van der Waals surface area contributed by atoms with Crippen LogP contribution >= 0.6 is 15.9 Å². The van der Waals surface area contributed by atoms with Gasteiger partial charge in [0.2, 0.25) is 0 Å². The van der Waals surface area contributed by atoms with Gasteiger partial charge in [-0.3, -0.25) is 0 Å². The van der Waals surface area contributed by atoms with E-state index in [0.717, 1.165) is 10.0 Å². The maximum Gasteiger partial charge on any atom is 0.128 e. The van der Waals surface area contributed by atoms with Gasteiger partial charge >= 0.3 is 0 Å². The van der Waals surface area contributed by atoms with Crippen molar-refractivity contribution in [2.24, 2.45) is 5.41 Å². The number of benzene rings is 1. The first-order valence-electron chi connectivity index (χ1n) is 7.11. The Balaban J connectivity index is 2.12. The highest BCUT2D eigenvalue weighted by Crippen LogP contribution is 2.37. The summed E-state index contributed by atoms with van der Waals surface area (Å²) in [5.74, 6) is -0.128. The molecule has 3 heteroatoms. The molecular weight excluding hydrogens is 305 g/mol. The van der Waals surface area contributed by atoms with Crippen molar-refractivity contribution in [2.45, 2.75) is 58.5 Å². The smallest absolute Gasteiger partial charge is 0.128 e. The van der Waals surface area contributed by atoms with E-state index in [1.165, 1.54) is 31.7 Å². The largest absolute Gasteiger partial charge is 0.307 e. The zero-order valence-corrected chi connectivity index (χ0v) is 13.6. The van der Waals surface area contributed by atoms with Gasteiger partial charge in [0.1, 0.15) is 5.82 Å². The number of rotatable bonds is 3. The Labute approximate surface area is 124 Å².